The van der Waals surface area contributed by atoms with Gasteiger partial charge in [0.2, 0.25) is 0 Å². The minimum absolute atomic E-state index is 0.378. The van der Waals surface area contributed by atoms with Crippen molar-refractivity contribution < 1.29 is 5.11 Å². The molecule has 0 unspecified atom stereocenters. The zero-order chi connectivity index (χ0) is 10.1. The van der Waals surface area contributed by atoms with Crippen LogP contribution >= 0.6 is 0 Å². The van der Waals surface area contributed by atoms with Crippen molar-refractivity contribution in [3.05, 3.63) is 0 Å². The fourth-order valence-corrected chi connectivity index (χ4v) is 3.00. The topological polar surface area (TPSA) is 44.0 Å². The van der Waals surface area contributed by atoms with E-state index in [1.54, 1.807) is 0 Å². The maximum Gasteiger partial charge on any atom is 0.0860 e. The Morgan fingerprint density at radius 2 is 1.43 bits per heavy atom. The van der Waals surface area contributed by atoms with Crippen LogP contribution in [0.2, 0.25) is 0 Å². The number of aliphatic hydroxyl groups is 1. The Morgan fingerprint density at radius 1 is 0.857 bits per heavy atom. The lowest BCUT2D eigenvalue weighted by Crippen LogP contribution is -2.51. The zero-order valence-electron chi connectivity index (χ0n) is 8.76. The summed E-state index contributed by atoms with van der Waals surface area (Å²) in [6.07, 6.45) is 9.30. The molecule has 0 saturated heterocycles. The molecule has 0 amide bonds. The van der Waals surface area contributed by atoms with Crippen molar-refractivity contribution in [1.29, 1.82) is 5.26 Å². The van der Waals surface area contributed by atoms with E-state index in [9.17, 15) is 10.4 Å². The van der Waals surface area contributed by atoms with Crippen LogP contribution in [0.1, 0.15) is 57.8 Å². The molecule has 0 aromatic carbocycles. The second-order valence-corrected chi connectivity index (χ2v) is 4.99. The Morgan fingerprint density at radius 3 is 1.79 bits per heavy atom. The fraction of sp³-hybridized carbons (Fsp3) is 0.917. The first-order valence-corrected chi connectivity index (χ1v) is 5.86. The van der Waals surface area contributed by atoms with Crippen LogP contribution in [0.4, 0.5) is 0 Å². The molecule has 2 rings (SSSR count). The second kappa shape index (κ2) is 3.55. The van der Waals surface area contributed by atoms with Gasteiger partial charge in [0.15, 0.2) is 0 Å². The summed E-state index contributed by atoms with van der Waals surface area (Å²) in [6, 6.07) is 2.40. The van der Waals surface area contributed by atoms with Crippen LogP contribution in [0.15, 0.2) is 0 Å². The normalized spacial score (nSPS) is 29.7. The predicted octanol–water partition coefficient (Wildman–Crippen LogP) is 2.77. The van der Waals surface area contributed by atoms with Gasteiger partial charge in [-0.15, -0.1) is 0 Å². The minimum Gasteiger partial charge on any atom is -0.388 e. The summed E-state index contributed by atoms with van der Waals surface area (Å²) >= 11 is 0. The summed E-state index contributed by atoms with van der Waals surface area (Å²) in [5, 5.41) is 19.8. The highest BCUT2D eigenvalue weighted by atomic mass is 16.3. The van der Waals surface area contributed by atoms with E-state index in [0.717, 1.165) is 44.9 Å². The number of nitriles is 1. The molecule has 2 nitrogen and oxygen atoms in total. The SMILES string of the molecule is N#CC1(C2(O)CCCCCC2)CCC1. The van der Waals surface area contributed by atoms with E-state index in [1.165, 1.54) is 12.8 Å². The third kappa shape index (κ3) is 1.35. The molecule has 2 saturated carbocycles. The summed E-state index contributed by atoms with van der Waals surface area (Å²) in [6.45, 7) is 0. The van der Waals surface area contributed by atoms with Crippen molar-refractivity contribution in [3.63, 3.8) is 0 Å². The van der Waals surface area contributed by atoms with Crippen molar-refractivity contribution in [2.75, 3.05) is 0 Å². The first-order valence-electron chi connectivity index (χ1n) is 5.86. The molecule has 1 N–H and O–H groups in total. The van der Waals surface area contributed by atoms with Crippen molar-refractivity contribution in [2.24, 2.45) is 5.41 Å². The average molecular weight is 193 g/mol. The minimum atomic E-state index is -0.656. The molecule has 0 heterocycles. The van der Waals surface area contributed by atoms with Gasteiger partial charge in [-0.3, -0.25) is 0 Å². The number of nitrogens with zero attached hydrogens (tertiary/aromatic N) is 1. The van der Waals surface area contributed by atoms with E-state index in [0.29, 0.717) is 0 Å². The Balaban J connectivity index is 2.16. The van der Waals surface area contributed by atoms with E-state index in [1.807, 2.05) is 0 Å². The number of hydrogen-bond acceptors (Lipinski definition) is 2. The van der Waals surface area contributed by atoms with Gasteiger partial charge in [-0.05, 0) is 25.7 Å². The van der Waals surface area contributed by atoms with Crippen LogP contribution in [0.3, 0.4) is 0 Å². The molecule has 2 aliphatic carbocycles. The van der Waals surface area contributed by atoms with Crippen LogP contribution in [0.25, 0.3) is 0 Å². The summed E-state index contributed by atoms with van der Waals surface area (Å²) in [5.41, 5.74) is -1.03. The quantitative estimate of drug-likeness (QED) is 0.651. The predicted molar refractivity (Wildman–Crippen MR) is 54.5 cm³/mol. The Kier molecular flexibility index (Phi) is 2.53. The molecular formula is C12H19NO. The molecule has 2 fully saturated rings. The summed E-state index contributed by atoms with van der Waals surface area (Å²) in [7, 11) is 0. The molecule has 0 aromatic heterocycles. The van der Waals surface area contributed by atoms with E-state index >= 15 is 0 Å². The Bertz CT molecular complexity index is 242. The highest BCUT2D eigenvalue weighted by molar-refractivity contribution is 5.15. The smallest absolute Gasteiger partial charge is 0.0860 e. The van der Waals surface area contributed by atoms with E-state index < -0.39 is 5.60 Å². The van der Waals surface area contributed by atoms with Crippen LogP contribution in [-0.4, -0.2) is 10.7 Å². The molecule has 0 atom stereocenters. The van der Waals surface area contributed by atoms with Crippen LogP contribution < -0.4 is 0 Å². The molecule has 14 heavy (non-hydrogen) atoms. The van der Waals surface area contributed by atoms with E-state index in [4.69, 9.17) is 0 Å². The zero-order valence-corrected chi connectivity index (χ0v) is 8.76. The van der Waals surface area contributed by atoms with Gasteiger partial charge in [-0.1, -0.05) is 32.1 Å². The molecule has 78 valence electrons. The van der Waals surface area contributed by atoms with Crippen molar-refractivity contribution in [1.82, 2.24) is 0 Å². The second-order valence-electron chi connectivity index (χ2n) is 4.99. The van der Waals surface area contributed by atoms with Crippen LogP contribution in [0, 0.1) is 16.7 Å². The molecule has 0 bridgehead atoms. The maximum atomic E-state index is 10.6. The number of hydrogen-bond donors (Lipinski definition) is 1. The summed E-state index contributed by atoms with van der Waals surface area (Å²) in [5.74, 6) is 0. The standard InChI is InChI=1S/C12H19NO/c13-10-11(6-5-7-11)12(14)8-3-1-2-4-9-12/h14H,1-9H2. The third-order valence-electron chi connectivity index (χ3n) is 4.24. The average Bonchev–Trinajstić information content (AvgIpc) is 2.30. The largest absolute Gasteiger partial charge is 0.388 e. The van der Waals surface area contributed by atoms with Gasteiger partial charge in [0, 0.05) is 0 Å². The highest BCUT2D eigenvalue weighted by Gasteiger charge is 2.53. The van der Waals surface area contributed by atoms with Gasteiger partial charge in [0.1, 0.15) is 0 Å². The molecular weight excluding hydrogens is 174 g/mol. The molecule has 0 aromatic rings. The highest BCUT2D eigenvalue weighted by Crippen LogP contribution is 2.53. The molecule has 2 aliphatic rings. The fourth-order valence-electron chi connectivity index (χ4n) is 3.00. The molecule has 2 heteroatoms. The van der Waals surface area contributed by atoms with Crippen molar-refractivity contribution >= 4 is 0 Å². The van der Waals surface area contributed by atoms with Gasteiger partial charge in [-0.25, -0.2) is 0 Å². The lowest BCUT2D eigenvalue weighted by Gasteiger charge is -2.48. The van der Waals surface area contributed by atoms with E-state index in [2.05, 4.69) is 6.07 Å². The lowest BCUT2D eigenvalue weighted by molar-refractivity contribution is -0.103. The van der Waals surface area contributed by atoms with E-state index in [-0.39, 0.29) is 5.41 Å². The molecule has 0 aliphatic heterocycles. The Hall–Kier alpha value is -0.550. The van der Waals surface area contributed by atoms with Gasteiger partial charge < -0.3 is 5.11 Å². The monoisotopic (exact) mass is 193 g/mol. The van der Waals surface area contributed by atoms with Gasteiger partial charge in [-0.2, -0.15) is 5.26 Å². The van der Waals surface area contributed by atoms with Gasteiger partial charge in [0.05, 0.1) is 17.1 Å². The first-order chi connectivity index (χ1) is 6.72. The molecule has 0 radical (unpaired) electrons. The number of rotatable bonds is 1. The van der Waals surface area contributed by atoms with Gasteiger partial charge >= 0.3 is 0 Å². The van der Waals surface area contributed by atoms with Crippen molar-refractivity contribution in [3.8, 4) is 6.07 Å². The van der Waals surface area contributed by atoms with Crippen molar-refractivity contribution in [2.45, 2.75) is 63.4 Å². The Labute approximate surface area is 85.9 Å². The summed E-state index contributed by atoms with van der Waals surface area (Å²) < 4.78 is 0. The first kappa shape index (κ1) is 9.98. The van der Waals surface area contributed by atoms with Crippen LogP contribution in [-0.2, 0) is 0 Å². The molecule has 0 spiro atoms. The summed E-state index contributed by atoms with van der Waals surface area (Å²) in [4.78, 5) is 0. The third-order valence-corrected chi connectivity index (χ3v) is 4.24. The maximum absolute atomic E-state index is 10.6. The van der Waals surface area contributed by atoms with Crippen LogP contribution in [0.5, 0.6) is 0 Å². The van der Waals surface area contributed by atoms with Gasteiger partial charge in [0.25, 0.3) is 0 Å². The lowest BCUT2D eigenvalue weighted by atomic mass is 9.57.